The molecule has 0 atom stereocenters. The van der Waals surface area contributed by atoms with Crippen molar-refractivity contribution >= 4 is 11.8 Å². The molecule has 1 aliphatic carbocycles. The summed E-state index contributed by atoms with van der Waals surface area (Å²) in [6, 6.07) is 0. The van der Waals surface area contributed by atoms with Gasteiger partial charge in [0.2, 0.25) is 0 Å². The Morgan fingerprint density at radius 2 is 0.793 bits per heavy atom. The maximum Gasteiger partial charge on any atom is 0.00470 e. The highest BCUT2D eigenvalue weighted by Gasteiger charge is 2.09. The van der Waals surface area contributed by atoms with Gasteiger partial charge in [-0.05, 0) is 25.0 Å². The first-order chi connectivity index (χ1) is 14.4. The van der Waals surface area contributed by atoms with E-state index in [0.29, 0.717) is 0 Å². The number of thioether (sulfide) groups is 1. The van der Waals surface area contributed by atoms with Crippen LogP contribution >= 0.6 is 11.8 Å². The van der Waals surface area contributed by atoms with E-state index < -0.39 is 0 Å². The van der Waals surface area contributed by atoms with E-state index in [1.807, 2.05) is 0 Å². The average molecular weight is 425 g/mol. The van der Waals surface area contributed by atoms with Crippen molar-refractivity contribution in [3.05, 3.63) is 0 Å². The Bertz CT molecular complexity index is 289. The van der Waals surface area contributed by atoms with Gasteiger partial charge in [-0.15, -0.1) is 0 Å². The van der Waals surface area contributed by atoms with E-state index in [1.165, 1.54) is 166 Å². The predicted octanol–water partition coefficient (Wildman–Crippen LogP) is 10.9. The van der Waals surface area contributed by atoms with Crippen LogP contribution in [0.25, 0.3) is 0 Å². The second-order valence-corrected chi connectivity index (χ2v) is 11.3. The topological polar surface area (TPSA) is 0 Å². The molecule has 174 valence electrons. The molecule has 1 aliphatic rings. The Morgan fingerprint density at radius 1 is 0.448 bits per heavy atom. The van der Waals surface area contributed by atoms with Crippen molar-refractivity contribution in [2.45, 2.75) is 173 Å². The molecule has 1 heteroatoms. The highest BCUT2D eigenvalue weighted by atomic mass is 32.2. The van der Waals surface area contributed by atoms with Crippen LogP contribution < -0.4 is 0 Å². The molecule has 0 aromatic rings. The number of rotatable bonds is 16. The Hall–Kier alpha value is 0.350. The van der Waals surface area contributed by atoms with Gasteiger partial charge in [0.05, 0.1) is 0 Å². The second-order valence-electron chi connectivity index (χ2n) is 9.85. The van der Waals surface area contributed by atoms with Gasteiger partial charge in [-0.3, -0.25) is 0 Å². The lowest BCUT2D eigenvalue weighted by Crippen LogP contribution is -2.05. The SMILES string of the molecule is CCCCCCCCCCCCCCCCSC1CCCCCCCCCCC1. The first-order valence-electron chi connectivity index (χ1n) is 14.0. The zero-order valence-corrected chi connectivity index (χ0v) is 21.2. The fraction of sp³-hybridized carbons (Fsp3) is 1.00. The molecule has 1 saturated carbocycles. The maximum atomic E-state index is 2.33. The average Bonchev–Trinajstić information content (AvgIpc) is 2.72. The summed E-state index contributed by atoms with van der Waals surface area (Å²) in [5, 5.41) is 0.983. The van der Waals surface area contributed by atoms with Crippen molar-refractivity contribution in [3.8, 4) is 0 Å². The number of hydrogen-bond acceptors (Lipinski definition) is 1. The van der Waals surface area contributed by atoms with Gasteiger partial charge in [0, 0.05) is 5.25 Å². The van der Waals surface area contributed by atoms with Crippen LogP contribution in [0.3, 0.4) is 0 Å². The van der Waals surface area contributed by atoms with Crippen molar-refractivity contribution in [3.63, 3.8) is 0 Å². The summed E-state index contributed by atoms with van der Waals surface area (Å²) in [6.07, 6.45) is 37.1. The molecule has 29 heavy (non-hydrogen) atoms. The van der Waals surface area contributed by atoms with Crippen LogP contribution in [0.4, 0.5) is 0 Å². The van der Waals surface area contributed by atoms with E-state index in [9.17, 15) is 0 Å². The normalized spacial score (nSPS) is 17.7. The fourth-order valence-electron chi connectivity index (χ4n) is 4.84. The Kier molecular flexibility index (Phi) is 21.7. The molecule has 0 bridgehead atoms. The molecule has 0 aromatic carbocycles. The largest absolute Gasteiger partial charge is 0.159 e. The minimum atomic E-state index is 0.983. The molecule has 0 spiro atoms. The lowest BCUT2D eigenvalue weighted by molar-refractivity contribution is 0.509. The van der Waals surface area contributed by atoms with Gasteiger partial charge in [-0.2, -0.15) is 11.8 Å². The van der Waals surface area contributed by atoms with Gasteiger partial charge in [0.15, 0.2) is 0 Å². The first kappa shape index (κ1) is 27.4. The van der Waals surface area contributed by atoms with Crippen molar-refractivity contribution in [2.24, 2.45) is 0 Å². The minimum absolute atomic E-state index is 0.983. The zero-order chi connectivity index (χ0) is 20.7. The van der Waals surface area contributed by atoms with Crippen LogP contribution in [0.5, 0.6) is 0 Å². The first-order valence-corrected chi connectivity index (χ1v) is 15.1. The highest BCUT2D eigenvalue weighted by Crippen LogP contribution is 2.26. The summed E-state index contributed by atoms with van der Waals surface area (Å²) >= 11 is 2.33. The third-order valence-electron chi connectivity index (χ3n) is 6.90. The fourth-order valence-corrected chi connectivity index (χ4v) is 6.21. The minimum Gasteiger partial charge on any atom is -0.159 e. The quantitative estimate of drug-likeness (QED) is 0.222. The third-order valence-corrected chi connectivity index (χ3v) is 8.37. The van der Waals surface area contributed by atoms with Crippen molar-refractivity contribution < 1.29 is 0 Å². The van der Waals surface area contributed by atoms with Gasteiger partial charge in [-0.1, -0.05) is 148 Å². The van der Waals surface area contributed by atoms with Crippen molar-refractivity contribution in [2.75, 3.05) is 5.75 Å². The van der Waals surface area contributed by atoms with Crippen LogP contribution in [0, 0.1) is 0 Å². The van der Waals surface area contributed by atoms with Crippen LogP contribution in [0.15, 0.2) is 0 Å². The molecule has 0 saturated heterocycles. The van der Waals surface area contributed by atoms with Crippen LogP contribution in [-0.2, 0) is 0 Å². The molecule has 0 aliphatic heterocycles. The van der Waals surface area contributed by atoms with E-state index in [2.05, 4.69) is 18.7 Å². The van der Waals surface area contributed by atoms with E-state index in [-0.39, 0.29) is 0 Å². The lowest BCUT2D eigenvalue weighted by atomic mass is 10.0. The smallest absolute Gasteiger partial charge is 0.00470 e. The summed E-state index contributed by atoms with van der Waals surface area (Å²) in [4.78, 5) is 0. The second kappa shape index (κ2) is 23.0. The van der Waals surface area contributed by atoms with Gasteiger partial charge in [0.1, 0.15) is 0 Å². The molecule has 0 aromatic heterocycles. The van der Waals surface area contributed by atoms with Crippen molar-refractivity contribution in [1.82, 2.24) is 0 Å². The van der Waals surface area contributed by atoms with Crippen LogP contribution in [0.2, 0.25) is 0 Å². The van der Waals surface area contributed by atoms with Gasteiger partial charge in [0.25, 0.3) is 0 Å². The van der Waals surface area contributed by atoms with E-state index in [0.717, 1.165) is 5.25 Å². The standard InChI is InChI=1S/C28H56S/c1-2-3-4-5-6-7-8-9-10-11-15-18-21-24-27-29-28-25-22-19-16-13-12-14-17-20-23-26-28/h28H,2-27H2,1H3. The molecular formula is C28H56S. The molecule has 0 nitrogen and oxygen atoms in total. The van der Waals surface area contributed by atoms with E-state index >= 15 is 0 Å². The molecule has 0 amide bonds. The summed E-state index contributed by atoms with van der Waals surface area (Å²) in [6.45, 7) is 2.31. The van der Waals surface area contributed by atoms with Crippen molar-refractivity contribution in [1.29, 1.82) is 0 Å². The van der Waals surface area contributed by atoms with Gasteiger partial charge >= 0.3 is 0 Å². The predicted molar refractivity (Wildman–Crippen MR) is 137 cm³/mol. The molecular weight excluding hydrogens is 368 g/mol. The highest BCUT2D eigenvalue weighted by molar-refractivity contribution is 7.99. The summed E-state index contributed by atoms with van der Waals surface area (Å²) < 4.78 is 0. The van der Waals surface area contributed by atoms with E-state index in [4.69, 9.17) is 0 Å². The number of unbranched alkanes of at least 4 members (excludes halogenated alkanes) is 13. The van der Waals surface area contributed by atoms with Gasteiger partial charge < -0.3 is 0 Å². The molecule has 1 fully saturated rings. The Balaban J connectivity index is 1.85. The molecule has 0 N–H and O–H groups in total. The zero-order valence-electron chi connectivity index (χ0n) is 20.4. The Morgan fingerprint density at radius 3 is 1.21 bits per heavy atom. The lowest BCUT2D eigenvalue weighted by Gasteiger charge is -2.17. The summed E-state index contributed by atoms with van der Waals surface area (Å²) in [5.41, 5.74) is 0. The van der Waals surface area contributed by atoms with E-state index in [1.54, 1.807) is 0 Å². The number of hydrogen-bond donors (Lipinski definition) is 0. The molecule has 0 heterocycles. The molecule has 1 rings (SSSR count). The van der Waals surface area contributed by atoms with Crippen LogP contribution in [0.1, 0.15) is 167 Å². The molecule has 0 radical (unpaired) electrons. The van der Waals surface area contributed by atoms with Gasteiger partial charge in [-0.25, -0.2) is 0 Å². The Labute approximate surface area is 190 Å². The summed E-state index contributed by atoms with van der Waals surface area (Å²) in [7, 11) is 0. The summed E-state index contributed by atoms with van der Waals surface area (Å²) in [5.74, 6) is 1.43. The maximum absolute atomic E-state index is 2.33. The third kappa shape index (κ3) is 20.0. The molecule has 0 unspecified atom stereocenters. The monoisotopic (exact) mass is 424 g/mol. The van der Waals surface area contributed by atoms with Crippen LogP contribution in [-0.4, -0.2) is 11.0 Å².